The summed E-state index contributed by atoms with van der Waals surface area (Å²) in [6, 6.07) is 4.36. The summed E-state index contributed by atoms with van der Waals surface area (Å²) in [5.41, 5.74) is 6.31. The lowest BCUT2D eigenvalue weighted by molar-refractivity contribution is -0.132. The van der Waals surface area contributed by atoms with Crippen LogP contribution in [0.1, 0.15) is 72.8 Å². The second kappa shape index (κ2) is 27.2. The minimum Gasteiger partial charge on any atom is -0.445 e. The Morgan fingerprint density at radius 3 is 2.02 bits per heavy atom. The number of ether oxygens (including phenoxy) is 3. The third kappa shape index (κ3) is 23.7. The second-order valence-corrected chi connectivity index (χ2v) is 13.5. The van der Waals surface area contributed by atoms with Gasteiger partial charge in [0.2, 0.25) is 23.6 Å². The Bertz CT molecular complexity index is 1260. The summed E-state index contributed by atoms with van der Waals surface area (Å²) in [4.78, 5) is 74.2. The standard InChI is InChI=1S/C36H62N8O9/c1-24(2)22-31(46)39-17-19-52-21-20-51-18-13-30(45)44-32(25(3)4)34(48)43-29(8-7-14-40-35(37)49)33(47)42-28-11-9-27(10-12-28)23-53-36(50)41-16-15-38-26(5)6/h9-12,24-26,29,32,38H,7-8,13-23H2,1-6H3,(H,39,46)(H,41,50)(H,42,47)(H,43,48)(H,44,45)(H3,37,40,49)/t29-,32-/m0/s1. The van der Waals surface area contributed by atoms with Crippen molar-refractivity contribution in [3.8, 4) is 0 Å². The minimum atomic E-state index is -1.00. The number of rotatable bonds is 27. The van der Waals surface area contributed by atoms with Crippen molar-refractivity contribution in [3.05, 3.63) is 29.8 Å². The van der Waals surface area contributed by atoms with Crippen LogP contribution in [0.3, 0.4) is 0 Å². The topological polar surface area (TPSA) is 240 Å². The molecule has 2 atom stereocenters. The number of alkyl carbamates (subject to hydrolysis) is 1. The molecule has 0 saturated heterocycles. The van der Waals surface area contributed by atoms with Crippen LogP contribution in [0.4, 0.5) is 15.3 Å². The average molecular weight is 751 g/mol. The molecule has 300 valence electrons. The summed E-state index contributed by atoms with van der Waals surface area (Å²) in [5, 5.41) is 19.4. The molecule has 0 aliphatic heterocycles. The molecular weight excluding hydrogens is 688 g/mol. The number of urea groups is 1. The maximum absolute atomic E-state index is 13.4. The van der Waals surface area contributed by atoms with Crippen molar-refractivity contribution in [2.75, 3.05) is 57.9 Å². The normalized spacial score (nSPS) is 12.2. The predicted molar refractivity (Wildman–Crippen MR) is 201 cm³/mol. The van der Waals surface area contributed by atoms with E-state index in [0.717, 1.165) is 0 Å². The van der Waals surface area contributed by atoms with Crippen molar-refractivity contribution in [3.63, 3.8) is 0 Å². The molecule has 0 saturated carbocycles. The molecule has 53 heavy (non-hydrogen) atoms. The zero-order chi connectivity index (χ0) is 39.6. The average Bonchev–Trinajstić information content (AvgIpc) is 3.08. The van der Waals surface area contributed by atoms with Crippen molar-refractivity contribution >= 4 is 41.4 Å². The first kappa shape index (κ1) is 46.5. The van der Waals surface area contributed by atoms with Gasteiger partial charge in [-0.3, -0.25) is 19.2 Å². The van der Waals surface area contributed by atoms with Crippen LogP contribution >= 0.6 is 0 Å². The molecule has 1 aromatic carbocycles. The van der Waals surface area contributed by atoms with Crippen molar-refractivity contribution in [1.29, 1.82) is 0 Å². The third-order valence-electron chi connectivity index (χ3n) is 7.41. The van der Waals surface area contributed by atoms with Gasteiger partial charge in [0, 0.05) is 50.7 Å². The van der Waals surface area contributed by atoms with E-state index in [1.165, 1.54) is 0 Å². The molecule has 17 heteroatoms. The highest BCUT2D eigenvalue weighted by atomic mass is 16.5. The molecule has 1 aromatic rings. The van der Waals surface area contributed by atoms with Gasteiger partial charge in [0.15, 0.2) is 0 Å². The lowest BCUT2D eigenvalue weighted by Crippen LogP contribution is -2.54. The van der Waals surface area contributed by atoms with E-state index in [2.05, 4.69) is 37.2 Å². The van der Waals surface area contributed by atoms with Gasteiger partial charge < -0.3 is 57.2 Å². The molecule has 1 rings (SSSR count). The fourth-order valence-corrected chi connectivity index (χ4v) is 4.66. The second-order valence-electron chi connectivity index (χ2n) is 13.5. The Morgan fingerprint density at radius 1 is 0.717 bits per heavy atom. The summed E-state index contributed by atoms with van der Waals surface area (Å²) in [5.74, 6) is -1.48. The van der Waals surface area contributed by atoms with Crippen molar-refractivity contribution in [2.45, 2.75) is 92.0 Å². The van der Waals surface area contributed by atoms with E-state index in [1.54, 1.807) is 38.1 Å². The Kier molecular flexibility index (Phi) is 23.9. The summed E-state index contributed by atoms with van der Waals surface area (Å²) < 4.78 is 16.1. The molecule has 0 aliphatic carbocycles. The van der Waals surface area contributed by atoms with Crippen LogP contribution in [0.2, 0.25) is 0 Å². The first-order valence-electron chi connectivity index (χ1n) is 18.3. The van der Waals surface area contributed by atoms with E-state index in [-0.39, 0.29) is 57.0 Å². The molecule has 0 aromatic heterocycles. The predicted octanol–water partition coefficient (Wildman–Crippen LogP) is 1.51. The zero-order valence-electron chi connectivity index (χ0n) is 32.1. The number of carbonyl (C=O) groups is 6. The van der Waals surface area contributed by atoms with Crippen LogP contribution in [0.15, 0.2) is 24.3 Å². The van der Waals surface area contributed by atoms with Crippen LogP contribution in [-0.2, 0) is 40.0 Å². The molecule has 0 bridgehead atoms. The number of amides is 7. The molecule has 0 aliphatic rings. The van der Waals surface area contributed by atoms with Gasteiger partial charge in [-0.25, -0.2) is 9.59 Å². The van der Waals surface area contributed by atoms with E-state index < -0.39 is 41.9 Å². The number of anilines is 1. The van der Waals surface area contributed by atoms with Gasteiger partial charge in [0.05, 0.1) is 26.4 Å². The number of primary amides is 1. The van der Waals surface area contributed by atoms with Gasteiger partial charge >= 0.3 is 12.1 Å². The molecule has 0 spiro atoms. The van der Waals surface area contributed by atoms with E-state index in [9.17, 15) is 28.8 Å². The van der Waals surface area contributed by atoms with Crippen LogP contribution in [0, 0.1) is 11.8 Å². The van der Waals surface area contributed by atoms with Gasteiger partial charge in [-0.2, -0.15) is 0 Å². The molecule has 17 nitrogen and oxygen atoms in total. The molecule has 9 N–H and O–H groups in total. The monoisotopic (exact) mass is 750 g/mol. The van der Waals surface area contributed by atoms with Crippen molar-refractivity contribution in [2.24, 2.45) is 17.6 Å². The Balaban J connectivity index is 2.63. The van der Waals surface area contributed by atoms with Crippen LogP contribution in [-0.4, -0.2) is 106 Å². The summed E-state index contributed by atoms with van der Waals surface area (Å²) in [6.45, 7) is 14.2. The first-order chi connectivity index (χ1) is 25.2. The highest BCUT2D eigenvalue weighted by molar-refractivity contribution is 5.98. The Hall–Kier alpha value is -4.48. The molecular formula is C36H62N8O9. The molecule has 0 radical (unpaired) electrons. The summed E-state index contributed by atoms with van der Waals surface area (Å²) in [6.07, 6.45) is 0.432. The number of nitrogens with one attached hydrogen (secondary N) is 7. The largest absolute Gasteiger partial charge is 0.445 e. The third-order valence-corrected chi connectivity index (χ3v) is 7.41. The Labute approximate surface area is 313 Å². The fraction of sp³-hybridized carbons (Fsp3) is 0.667. The van der Waals surface area contributed by atoms with Gasteiger partial charge in [0.25, 0.3) is 0 Å². The van der Waals surface area contributed by atoms with Crippen LogP contribution < -0.4 is 43.0 Å². The smallest absolute Gasteiger partial charge is 0.407 e. The molecule has 7 amide bonds. The lowest BCUT2D eigenvalue weighted by Gasteiger charge is -2.25. The highest BCUT2D eigenvalue weighted by Gasteiger charge is 2.29. The zero-order valence-corrected chi connectivity index (χ0v) is 32.1. The molecule has 0 fully saturated rings. The van der Waals surface area contributed by atoms with Gasteiger partial charge in [-0.1, -0.05) is 53.7 Å². The minimum absolute atomic E-state index is 0.00590. The number of nitrogens with two attached hydrogens (primary N) is 1. The van der Waals surface area contributed by atoms with E-state index in [4.69, 9.17) is 19.9 Å². The number of hydrogen-bond donors (Lipinski definition) is 8. The molecule has 0 unspecified atom stereocenters. The maximum Gasteiger partial charge on any atom is 0.407 e. The van der Waals surface area contributed by atoms with Crippen LogP contribution in [0.25, 0.3) is 0 Å². The molecule has 0 heterocycles. The number of carbonyl (C=O) groups excluding carboxylic acids is 6. The summed E-state index contributed by atoms with van der Waals surface area (Å²) >= 11 is 0. The van der Waals surface area contributed by atoms with Gasteiger partial charge in [-0.05, 0) is 42.4 Å². The summed E-state index contributed by atoms with van der Waals surface area (Å²) in [7, 11) is 0. The van der Waals surface area contributed by atoms with E-state index >= 15 is 0 Å². The Morgan fingerprint density at radius 2 is 1.40 bits per heavy atom. The van der Waals surface area contributed by atoms with Gasteiger partial charge in [0.1, 0.15) is 18.7 Å². The lowest BCUT2D eigenvalue weighted by atomic mass is 10.0. The number of benzene rings is 1. The highest BCUT2D eigenvalue weighted by Crippen LogP contribution is 2.13. The SMILES string of the molecule is CC(C)CC(=O)NCCOCCOCCC(=O)N[C@H](C(=O)N[C@@H](CCCNC(N)=O)C(=O)Nc1ccc(COC(=O)NCCNC(C)C)cc1)C(C)C. The fourth-order valence-electron chi connectivity index (χ4n) is 4.66. The quantitative estimate of drug-likeness (QED) is 0.0603. The first-order valence-corrected chi connectivity index (χ1v) is 18.3. The van der Waals surface area contributed by atoms with E-state index in [0.29, 0.717) is 63.0 Å². The van der Waals surface area contributed by atoms with Gasteiger partial charge in [-0.15, -0.1) is 0 Å². The van der Waals surface area contributed by atoms with Crippen LogP contribution in [0.5, 0.6) is 0 Å². The number of hydrogen-bond acceptors (Lipinski definition) is 10. The maximum atomic E-state index is 13.4. The van der Waals surface area contributed by atoms with Crippen molar-refractivity contribution < 1.29 is 43.0 Å². The van der Waals surface area contributed by atoms with Crippen molar-refractivity contribution in [1.82, 2.24) is 31.9 Å². The van der Waals surface area contributed by atoms with E-state index in [1.807, 2.05) is 27.7 Å².